The van der Waals surface area contributed by atoms with Gasteiger partial charge in [-0.3, -0.25) is 4.79 Å². The lowest BCUT2D eigenvalue weighted by molar-refractivity contribution is -0.274. The van der Waals surface area contributed by atoms with Gasteiger partial charge in [0.1, 0.15) is 21.6 Å². The van der Waals surface area contributed by atoms with Crippen LogP contribution in [0.1, 0.15) is 12.0 Å². The van der Waals surface area contributed by atoms with Crippen molar-refractivity contribution in [2.24, 2.45) is 0 Å². The molecule has 2 aliphatic rings. The van der Waals surface area contributed by atoms with Crippen LogP contribution in [0.15, 0.2) is 36.4 Å². The number of fused-ring (bicyclic) bond motifs is 1. The Bertz CT molecular complexity index is 1030. The topological polar surface area (TPSA) is 83.0 Å². The van der Waals surface area contributed by atoms with Crippen LogP contribution in [0, 0.1) is 0 Å². The van der Waals surface area contributed by atoms with E-state index in [2.05, 4.69) is 9.72 Å². The molecular formula is C19H14Cl2F3N3O4. The van der Waals surface area contributed by atoms with Crippen LogP contribution in [0.5, 0.6) is 5.75 Å². The molecule has 1 aromatic heterocycles. The molecule has 0 bridgehead atoms. The van der Waals surface area contributed by atoms with Crippen molar-refractivity contribution in [1.29, 1.82) is 0 Å². The Hall–Kier alpha value is -2.56. The van der Waals surface area contributed by atoms with E-state index in [1.54, 1.807) is 0 Å². The molecule has 2 saturated heterocycles. The van der Waals surface area contributed by atoms with Gasteiger partial charge >= 0.3 is 12.4 Å². The summed E-state index contributed by atoms with van der Waals surface area (Å²) < 4.78 is 41.0. The molecule has 4 rings (SSSR count). The first-order chi connectivity index (χ1) is 14.5. The summed E-state index contributed by atoms with van der Waals surface area (Å²) in [5, 5.41) is 10.1. The number of rotatable bonds is 4. The highest BCUT2D eigenvalue weighted by molar-refractivity contribution is 6.33. The van der Waals surface area contributed by atoms with Crippen molar-refractivity contribution in [3.63, 3.8) is 0 Å². The number of β-amino-alcohol motifs (C(OH)–C–C–N with tert-alkyl or cyclic N) is 1. The number of nitrogens with zero attached hydrogens (tertiary/aromatic N) is 3. The average Bonchev–Trinajstić information content (AvgIpc) is 3.07. The third-order valence-corrected chi connectivity index (χ3v) is 5.55. The average molecular weight is 476 g/mol. The molecule has 0 radical (unpaired) electrons. The standard InChI is InChI=1S/C19H14Cl2F3N3O4/c20-14-5-11(6-15(21)25-14)27-16(29)18(8-12(28)9-26(18)17(27)30)7-10-1-3-13(4-2-10)31-19(22,23)24/h1-6,12,28H,7-9H2/t12-,18-/m1/s1. The Morgan fingerprint density at radius 3 is 2.35 bits per heavy atom. The van der Waals surface area contributed by atoms with Crippen LogP contribution in [0.2, 0.25) is 10.3 Å². The van der Waals surface area contributed by atoms with Crippen molar-refractivity contribution in [3.8, 4) is 5.75 Å². The fourth-order valence-electron chi connectivity index (χ4n) is 4.03. The first-order valence-electron chi connectivity index (χ1n) is 9.00. The molecule has 0 spiro atoms. The highest BCUT2D eigenvalue weighted by Gasteiger charge is 2.62. The molecule has 2 aromatic rings. The smallest absolute Gasteiger partial charge is 0.406 e. The third-order valence-electron chi connectivity index (χ3n) is 5.17. The second kappa shape index (κ2) is 7.54. The SMILES string of the molecule is O=C1N(c2cc(Cl)nc(Cl)c2)C(=O)[C@@]2(Cc3ccc(OC(F)(F)F)cc3)C[C@@H](O)CN12. The number of aliphatic hydroxyl groups excluding tert-OH is 1. The fraction of sp³-hybridized carbons (Fsp3) is 0.316. The molecule has 2 fully saturated rings. The van der Waals surface area contributed by atoms with Crippen molar-refractivity contribution in [1.82, 2.24) is 9.88 Å². The van der Waals surface area contributed by atoms with E-state index in [0.717, 1.165) is 17.0 Å². The van der Waals surface area contributed by atoms with Crippen LogP contribution in [0.3, 0.4) is 0 Å². The zero-order valence-electron chi connectivity index (χ0n) is 15.6. The van der Waals surface area contributed by atoms with E-state index >= 15 is 0 Å². The Balaban J connectivity index is 1.66. The van der Waals surface area contributed by atoms with Gasteiger partial charge in [0.05, 0.1) is 11.8 Å². The minimum absolute atomic E-state index is 0.00972. The number of aliphatic hydroxyl groups is 1. The van der Waals surface area contributed by atoms with E-state index in [9.17, 15) is 27.9 Å². The molecule has 12 heteroatoms. The quantitative estimate of drug-likeness (QED) is 0.537. The van der Waals surface area contributed by atoms with Gasteiger partial charge in [-0.05, 0) is 29.8 Å². The first-order valence-corrected chi connectivity index (χ1v) is 9.76. The first kappa shape index (κ1) is 21.7. The molecule has 1 aromatic carbocycles. The molecule has 31 heavy (non-hydrogen) atoms. The summed E-state index contributed by atoms with van der Waals surface area (Å²) >= 11 is 11.8. The van der Waals surface area contributed by atoms with Crippen LogP contribution < -0.4 is 9.64 Å². The predicted molar refractivity (Wildman–Crippen MR) is 104 cm³/mol. The summed E-state index contributed by atoms with van der Waals surface area (Å²) in [6.07, 6.45) is -5.79. The fourth-order valence-corrected chi connectivity index (χ4v) is 4.48. The van der Waals surface area contributed by atoms with Gasteiger partial charge in [0.15, 0.2) is 0 Å². The zero-order chi connectivity index (χ0) is 22.6. The van der Waals surface area contributed by atoms with Crippen LogP contribution in [-0.4, -0.2) is 51.5 Å². The number of benzene rings is 1. The van der Waals surface area contributed by atoms with E-state index in [0.29, 0.717) is 5.56 Å². The summed E-state index contributed by atoms with van der Waals surface area (Å²) in [4.78, 5) is 32.4. The number of imide groups is 1. The van der Waals surface area contributed by atoms with Crippen molar-refractivity contribution in [2.75, 3.05) is 11.4 Å². The van der Waals surface area contributed by atoms with E-state index in [1.807, 2.05) is 0 Å². The minimum atomic E-state index is -4.83. The highest BCUT2D eigenvalue weighted by atomic mass is 35.5. The lowest BCUT2D eigenvalue weighted by atomic mass is 9.87. The monoisotopic (exact) mass is 475 g/mol. The summed E-state index contributed by atoms with van der Waals surface area (Å²) in [6.45, 7) is -0.0666. The molecule has 3 heterocycles. The second-order valence-electron chi connectivity index (χ2n) is 7.26. The van der Waals surface area contributed by atoms with Crippen molar-refractivity contribution < 1.29 is 32.6 Å². The Kier molecular flexibility index (Phi) is 5.27. The number of amides is 3. The zero-order valence-corrected chi connectivity index (χ0v) is 17.1. The molecule has 2 aliphatic heterocycles. The number of hydrogen-bond acceptors (Lipinski definition) is 5. The van der Waals surface area contributed by atoms with Gasteiger partial charge in [-0.25, -0.2) is 14.7 Å². The number of ether oxygens (including phenoxy) is 1. The number of carbonyl (C=O) groups excluding carboxylic acids is 2. The van der Waals surface area contributed by atoms with E-state index in [1.165, 1.54) is 29.2 Å². The van der Waals surface area contributed by atoms with Crippen molar-refractivity contribution >= 4 is 40.8 Å². The van der Waals surface area contributed by atoms with Crippen LogP contribution in [0.4, 0.5) is 23.7 Å². The summed E-state index contributed by atoms with van der Waals surface area (Å²) in [5.74, 6) is -1.00. The van der Waals surface area contributed by atoms with Crippen LogP contribution >= 0.6 is 23.2 Å². The molecule has 164 valence electrons. The molecule has 3 amide bonds. The number of hydrogen-bond donors (Lipinski definition) is 1. The maximum absolute atomic E-state index is 13.4. The van der Waals surface area contributed by atoms with Gasteiger partial charge in [-0.2, -0.15) is 0 Å². The number of pyridine rings is 1. The molecule has 2 atom stereocenters. The molecule has 7 nitrogen and oxygen atoms in total. The number of alkyl halides is 3. The predicted octanol–water partition coefficient (Wildman–Crippen LogP) is 3.80. The lowest BCUT2D eigenvalue weighted by Crippen LogP contribution is -2.47. The third kappa shape index (κ3) is 4.02. The normalized spacial score (nSPS) is 23.5. The largest absolute Gasteiger partial charge is 0.573 e. The number of halogens is 5. The summed E-state index contributed by atoms with van der Waals surface area (Å²) in [6, 6.07) is 6.97. The number of anilines is 1. The molecule has 1 N–H and O–H groups in total. The molecule has 0 unspecified atom stereocenters. The maximum Gasteiger partial charge on any atom is 0.573 e. The van der Waals surface area contributed by atoms with E-state index in [-0.39, 0.29) is 35.4 Å². The number of carbonyl (C=O) groups is 2. The second-order valence-corrected chi connectivity index (χ2v) is 8.04. The van der Waals surface area contributed by atoms with E-state index < -0.39 is 35.7 Å². The molecular weight excluding hydrogens is 462 g/mol. The van der Waals surface area contributed by atoms with Gasteiger partial charge in [0, 0.05) is 19.4 Å². The maximum atomic E-state index is 13.4. The van der Waals surface area contributed by atoms with Gasteiger partial charge < -0.3 is 14.7 Å². The Morgan fingerprint density at radius 2 is 1.77 bits per heavy atom. The highest BCUT2D eigenvalue weighted by Crippen LogP contribution is 2.43. The van der Waals surface area contributed by atoms with Crippen LogP contribution in [-0.2, 0) is 11.2 Å². The van der Waals surface area contributed by atoms with Gasteiger partial charge in [-0.15, -0.1) is 13.2 Å². The number of aromatic nitrogens is 1. The molecule has 0 saturated carbocycles. The number of urea groups is 1. The van der Waals surface area contributed by atoms with Gasteiger partial charge in [0.25, 0.3) is 5.91 Å². The van der Waals surface area contributed by atoms with Crippen LogP contribution in [0.25, 0.3) is 0 Å². The van der Waals surface area contributed by atoms with E-state index in [4.69, 9.17) is 23.2 Å². The Labute approximate surface area is 183 Å². The Morgan fingerprint density at radius 1 is 1.16 bits per heavy atom. The summed E-state index contributed by atoms with van der Waals surface area (Å²) in [7, 11) is 0. The van der Waals surface area contributed by atoms with Gasteiger partial charge in [-0.1, -0.05) is 35.3 Å². The lowest BCUT2D eigenvalue weighted by Gasteiger charge is -2.28. The van der Waals surface area contributed by atoms with Crippen molar-refractivity contribution in [3.05, 3.63) is 52.3 Å². The van der Waals surface area contributed by atoms with Crippen molar-refractivity contribution in [2.45, 2.75) is 30.8 Å². The minimum Gasteiger partial charge on any atom is -0.406 e. The van der Waals surface area contributed by atoms with Gasteiger partial charge in [0.2, 0.25) is 0 Å². The molecule has 0 aliphatic carbocycles. The summed E-state index contributed by atoms with van der Waals surface area (Å²) in [5.41, 5.74) is -0.773.